The van der Waals surface area contributed by atoms with E-state index in [-0.39, 0.29) is 17.8 Å². The third kappa shape index (κ3) is 4.47. The van der Waals surface area contributed by atoms with Gasteiger partial charge in [-0.15, -0.1) is 5.10 Å². The van der Waals surface area contributed by atoms with Crippen molar-refractivity contribution in [3.8, 4) is 5.69 Å². The number of hydrogen-bond acceptors (Lipinski definition) is 6. The number of amides is 1. The molecule has 2 heterocycles. The van der Waals surface area contributed by atoms with E-state index in [0.29, 0.717) is 31.0 Å². The predicted octanol–water partition coefficient (Wildman–Crippen LogP) is 1.60. The Labute approximate surface area is 167 Å². The van der Waals surface area contributed by atoms with Crippen molar-refractivity contribution in [1.29, 1.82) is 0 Å². The molecule has 3 aromatic rings. The maximum absolute atomic E-state index is 13.4. The molecule has 150 valence electrons. The first-order valence-corrected chi connectivity index (χ1v) is 9.40. The fraction of sp³-hybridized carbons (Fsp3) is 0.300. The summed E-state index contributed by atoms with van der Waals surface area (Å²) in [5, 5.41) is 14.2. The standard InChI is InChI=1S/C20H21FN6O2/c21-16-7-5-15(6-8-16)19(26-9-11-29-12-10-26)13-22-20(28)17-3-1-2-4-18(17)27-14-23-24-25-27/h1-8,14,19H,9-13H2,(H,22,28). The molecule has 0 saturated carbocycles. The van der Waals surface area contributed by atoms with E-state index in [1.807, 2.05) is 6.07 Å². The second-order valence-corrected chi connectivity index (χ2v) is 6.70. The van der Waals surface area contributed by atoms with Crippen LogP contribution in [-0.2, 0) is 4.74 Å². The summed E-state index contributed by atoms with van der Waals surface area (Å²) in [6.07, 6.45) is 1.45. The fourth-order valence-corrected chi connectivity index (χ4v) is 3.45. The van der Waals surface area contributed by atoms with Crippen LogP contribution in [0.15, 0.2) is 54.9 Å². The van der Waals surface area contributed by atoms with Gasteiger partial charge in [-0.25, -0.2) is 4.39 Å². The molecule has 0 radical (unpaired) electrons. The topological polar surface area (TPSA) is 85.2 Å². The molecule has 0 spiro atoms. The van der Waals surface area contributed by atoms with Gasteiger partial charge in [-0.2, -0.15) is 4.68 Å². The Morgan fingerprint density at radius 3 is 2.62 bits per heavy atom. The first kappa shape index (κ1) is 19.2. The summed E-state index contributed by atoms with van der Waals surface area (Å²) in [6.45, 7) is 3.15. The minimum absolute atomic E-state index is 0.0800. The lowest BCUT2D eigenvalue weighted by Crippen LogP contribution is -2.44. The Morgan fingerprint density at radius 1 is 1.14 bits per heavy atom. The summed E-state index contributed by atoms with van der Waals surface area (Å²) in [7, 11) is 0. The van der Waals surface area contributed by atoms with E-state index in [9.17, 15) is 9.18 Å². The Hall–Kier alpha value is -3.17. The fourth-order valence-electron chi connectivity index (χ4n) is 3.45. The van der Waals surface area contributed by atoms with Crippen LogP contribution in [0, 0.1) is 5.82 Å². The van der Waals surface area contributed by atoms with E-state index in [1.165, 1.54) is 23.1 Å². The number of hydrogen-bond donors (Lipinski definition) is 1. The van der Waals surface area contributed by atoms with Gasteiger partial charge in [-0.3, -0.25) is 9.69 Å². The van der Waals surface area contributed by atoms with Crippen LogP contribution in [0.3, 0.4) is 0 Å². The van der Waals surface area contributed by atoms with Crippen molar-refractivity contribution in [3.63, 3.8) is 0 Å². The number of aromatic nitrogens is 4. The molecule has 1 N–H and O–H groups in total. The molecule has 29 heavy (non-hydrogen) atoms. The first-order valence-electron chi connectivity index (χ1n) is 9.40. The van der Waals surface area contributed by atoms with Crippen molar-refractivity contribution in [2.45, 2.75) is 6.04 Å². The molecule has 8 nitrogen and oxygen atoms in total. The predicted molar refractivity (Wildman–Crippen MR) is 103 cm³/mol. The van der Waals surface area contributed by atoms with Crippen molar-refractivity contribution < 1.29 is 13.9 Å². The summed E-state index contributed by atoms with van der Waals surface area (Å²) in [5.41, 5.74) is 2.02. The highest BCUT2D eigenvalue weighted by molar-refractivity contribution is 5.97. The maximum Gasteiger partial charge on any atom is 0.253 e. The highest BCUT2D eigenvalue weighted by Crippen LogP contribution is 2.22. The molecule has 4 rings (SSSR count). The van der Waals surface area contributed by atoms with Crippen LogP contribution >= 0.6 is 0 Å². The zero-order valence-electron chi connectivity index (χ0n) is 15.7. The zero-order valence-corrected chi connectivity index (χ0v) is 15.7. The van der Waals surface area contributed by atoms with E-state index in [0.717, 1.165) is 18.7 Å². The third-order valence-electron chi connectivity index (χ3n) is 4.94. The summed E-state index contributed by atoms with van der Waals surface area (Å²) < 4.78 is 20.3. The molecule has 1 saturated heterocycles. The second-order valence-electron chi connectivity index (χ2n) is 6.70. The quantitative estimate of drug-likeness (QED) is 0.681. The van der Waals surface area contributed by atoms with Crippen LogP contribution in [0.5, 0.6) is 0 Å². The zero-order chi connectivity index (χ0) is 20.1. The molecule has 2 aromatic carbocycles. The smallest absolute Gasteiger partial charge is 0.253 e. The highest BCUT2D eigenvalue weighted by Gasteiger charge is 2.24. The van der Waals surface area contributed by atoms with E-state index in [4.69, 9.17) is 4.74 Å². The number of nitrogens with one attached hydrogen (secondary N) is 1. The minimum atomic E-state index is -0.283. The molecule has 1 fully saturated rings. The lowest BCUT2D eigenvalue weighted by molar-refractivity contribution is 0.0162. The third-order valence-corrected chi connectivity index (χ3v) is 4.94. The number of para-hydroxylation sites is 1. The van der Waals surface area contributed by atoms with Gasteiger partial charge >= 0.3 is 0 Å². The summed E-state index contributed by atoms with van der Waals surface area (Å²) >= 11 is 0. The number of halogens is 1. The minimum Gasteiger partial charge on any atom is -0.379 e. The average molecular weight is 396 g/mol. The average Bonchev–Trinajstić information content (AvgIpc) is 3.30. The Kier molecular flexibility index (Phi) is 5.87. The van der Waals surface area contributed by atoms with Gasteiger partial charge in [-0.05, 0) is 40.3 Å². The van der Waals surface area contributed by atoms with Crippen molar-refractivity contribution in [2.75, 3.05) is 32.8 Å². The number of morpholine rings is 1. The van der Waals surface area contributed by atoms with Gasteiger partial charge in [0.15, 0.2) is 0 Å². The number of carbonyl (C=O) groups is 1. The largest absolute Gasteiger partial charge is 0.379 e. The number of rotatable bonds is 6. The molecular formula is C20H21FN6O2. The van der Waals surface area contributed by atoms with Gasteiger partial charge < -0.3 is 10.1 Å². The molecule has 1 amide bonds. The molecule has 1 aliphatic rings. The first-order chi connectivity index (χ1) is 14.2. The Balaban J connectivity index is 1.53. The SMILES string of the molecule is O=C(NCC(c1ccc(F)cc1)N1CCOCC1)c1ccccc1-n1cnnn1. The number of nitrogens with zero attached hydrogens (tertiary/aromatic N) is 5. The van der Waals surface area contributed by atoms with Crippen molar-refractivity contribution in [1.82, 2.24) is 30.4 Å². The van der Waals surface area contributed by atoms with E-state index >= 15 is 0 Å². The molecule has 0 aliphatic carbocycles. The van der Waals surface area contributed by atoms with Crippen LogP contribution < -0.4 is 5.32 Å². The van der Waals surface area contributed by atoms with Crippen molar-refractivity contribution in [3.05, 3.63) is 71.8 Å². The van der Waals surface area contributed by atoms with Crippen LogP contribution in [0.1, 0.15) is 22.0 Å². The van der Waals surface area contributed by atoms with Crippen LogP contribution in [0.4, 0.5) is 4.39 Å². The number of tetrazole rings is 1. The normalized spacial score (nSPS) is 15.8. The van der Waals surface area contributed by atoms with Crippen molar-refractivity contribution >= 4 is 5.91 Å². The summed E-state index contributed by atoms with van der Waals surface area (Å²) in [4.78, 5) is 15.2. The van der Waals surface area contributed by atoms with Crippen molar-refractivity contribution in [2.24, 2.45) is 0 Å². The van der Waals surface area contributed by atoms with E-state index in [2.05, 4.69) is 25.7 Å². The maximum atomic E-state index is 13.4. The lowest BCUT2D eigenvalue weighted by Gasteiger charge is -2.35. The molecule has 0 bridgehead atoms. The molecule has 1 atom stereocenters. The van der Waals surface area contributed by atoms with Crippen LogP contribution in [-0.4, -0.2) is 63.9 Å². The van der Waals surface area contributed by atoms with Gasteiger partial charge in [-0.1, -0.05) is 24.3 Å². The molecule has 1 aliphatic heterocycles. The monoisotopic (exact) mass is 396 g/mol. The van der Waals surface area contributed by atoms with Gasteiger partial charge in [0.25, 0.3) is 5.91 Å². The second kappa shape index (κ2) is 8.89. The van der Waals surface area contributed by atoms with Crippen LogP contribution in [0.2, 0.25) is 0 Å². The Bertz CT molecular complexity index is 942. The molecule has 9 heteroatoms. The van der Waals surface area contributed by atoms with Gasteiger partial charge in [0, 0.05) is 19.6 Å². The molecular weight excluding hydrogens is 375 g/mol. The van der Waals surface area contributed by atoms with E-state index < -0.39 is 0 Å². The Morgan fingerprint density at radius 2 is 1.90 bits per heavy atom. The molecule has 1 aromatic heterocycles. The number of ether oxygens (including phenoxy) is 1. The van der Waals surface area contributed by atoms with Gasteiger partial charge in [0.2, 0.25) is 0 Å². The number of carbonyl (C=O) groups excluding carboxylic acids is 1. The van der Waals surface area contributed by atoms with Crippen LogP contribution in [0.25, 0.3) is 5.69 Å². The summed E-state index contributed by atoms with van der Waals surface area (Å²) in [5.74, 6) is -0.509. The van der Waals surface area contributed by atoms with E-state index in [1.54, 1.807) is 30.3 Å². The number of benzene rings is 2. The lowest BCUT2D eigenvalue weighted by atomic mass is 10.0. The van der Waals surface area contributed by atoms with Gasteiger partial charge in [0.05, 0.1) is 30.5 Å². The highest BCUT2D eigenvalue weighted by atomic mass is 19.1. The summed E-state index contributed by atoms with van der Waals surface area (Å²) in [6, 6.07) is 13.5. The molecule has 1 unspecified atom stereocenters. The van der Waals surface area contributed by atoms with Gasteiger partial charge in [0.1, 0.15) is 12.1 Å².